The Bertz CT molecular complexity index is 1330. The normalized spacial score (nSPS) is 18.2. The number of esters is 1. The molecular weight excluding hydrogens is 568 g/mol. The first kappa shape index (κ1) is 30.7. The van der Waals surface area contributed by atoms with Gasteiger partial charge in [-0.25, -0.2) is 22.4 Å². The Morgan fingerprint density at radius 2 is 1.54 bits per heavy atom. The van der Waals surface area contributed by atoms with Crippen LogP contribution in [0.4, 0.5) is 28.0 Å². The van der Waals surface area contributed by atoms with Crippen LogP contribution < -0.4 is 4.90 Å². The molecule has 0 aromatic heterocycles. The first-order valence-electron chi connectivity index (χ1n) is 13.1. The second-order valence-electron chi connectivity index (χ2n) is 10.1. The fourth-order valence-electron chi connectivity index (χ4n) is 4.83. The van der Waals surface area contributed by atoms with Crippen molar-refractivity contribution in [3.05, 3.63) is 65.0 Å². The van der Waals surface area contributed by atoms with E-state index in [2.05, 4.69) is 9.64 Å². The number of urea groups is 1. The zero-order valence-corrected chi connectivity index (χ0v) is 23.4. The van der Waals surface area contributed by atoms with Crippen LogP contribution in [-0.4, -0.2) is 106 Å². The summed E-state index contributed by atoms with van der Waals surface area (Å²) in [6, 6.07) is 10.4. The second kappa shape index (κ2) is 12.7. The molecule has 2 saturated heterocycles. The van der Waals surface area contributed by atoms with Crippen LogP contribution in [0.15, 0.2) is 42.5 Å². The minimum absolute atomic E-state index is 0.0137. The second-order valence-corrected chi connectivity index (χ2v) is 12.4. The third-order valence-electron chi connectivity index (χ3n) is 7.17. The smallest absolute Gasteiger partial charge is 0.401 e. The van der Waals surface area contributed by atoms with Crippen LogP contribution in [0.2, 0.25) is 0 Å². The molecule has 2 aromatic rings. The number of hydrogen-bond donors (Lipinski definition) is 0. The number of ether oxygens (including phenoxy) is 1. The van der Waals surface area contributed by atoms with Gasteiger partial charge < -0.3 is 9.64 Å². The molecule has 41 heavy (non-hydrogen) atoms. The number of methoxy groups -OCH3 is 1. The maximum atomic E-state index is 15.0. The number of carbonyl (C=O) groups excluding carboxylic acids is 2. The number of hydrogen-bond acceptors (Lipinski definition) is 7. The topological polar surface area (TPSA) is 90.5 Å². The summed E-state index contributed by atoms with van der Waals surface area (Å²) in [7, 11) is -2.05. The highest BCUT2D eigenvalue weighted by molar-refractivity contribution is 7.91. The van der Waals surface area contributed by atoms with Gasteiger partial charge >= 0.3 is 18.2 Å². The quantitative estimate of drug-likeness (QED) is 0.356. The molecule has 224 valence electrons. The van der Waals surface area contributed by atoms with Crippen LogP contribution in [0.25, 0.3) is 0 Å². The van der Waals surface area contributed by atoms with Gasteiger partial charge in [0.2, 0.25) is 0 Å². The van der Waals surface area contributed by atoms with E-state index >= 15 is 0 Å². The summed E-state index contributed by atoms with van der Waals surface area (Å²) in [5.41, 5.74) is 1.52. The van der Waals surface area contributed by atoms with Crippen LogP contribution in [0.5, 0.6) is 0 Å². The van der Waals surface area contributed by atoms with Crippen molar-refractivity contribution in [2.75, 3.05) is 69.3 Å². The predicted molar refractivity (Wildman–Crippen MR) is 144 cm³/mol. The van der Waals surface area contributed by atoms with Gasteiger partial charge in [0.15, 0.2) is 9.84 Å². The van der Waals surface area contributed by atoms with Gasteiger partial charge in [-0.05, 0) is 29.8 Å². The Balaban J connectivity index is 1.49. The monoisotopic (exact) mass is 600 g/mol. The van der Waals surface area contributed by atoms with Crippen molar-refractivity contribution in [3.63, 3.8) is 0 Å². The standard InChI is InChI=1S/C27H32F4N4O5S/c1-40-25(36)21-4-5-22(24(28)16-21)18-35(26(37)34-12-14-41(38,39)15-13-34)23-6-2-20(3-7-23)17-32-8-10-33(11-9-32)19-27(29,30)31/h2-7,16H,8-15,17-19H2,1H3. The van der Waals surface area contributed by atoms with Crippen molar-refractivity contribution in [1.82, 2.24) is 14.7 Å². The molecule has 0 atom stereocenters. The average molecular weight is 601 g/mol. The number of nitrogens with zero attached hydrogens (tertiary/aromatic N) is 4. The third-order valence-corrected chi connectivity index (χ3v) is 8.78. The van der Waals surface area contributed by atoms with Crippen LogP contribution in [-0.2, 0) is 27.7 Å². The molecule has 0 bridgehead atoms. The van der Waals surface area contributed by atoms with E-state index in [0.717, 1.165) is 11.6 Å². The number of benzene rings is 2. The van der Waals surface area contributed by atoms with Crippen molar-refractivity contribution in [2.24, 2.45) is 0 Å². The van der Waals surface area contributed by atoms with Gasteiger partial charge in [-0.15, -0.1) is 0 Å². The number of anilines is 1. The molecule has 2 aliphatic rings. The van der Waals surface area contributed by atoms with Crippen molar-refractivity contribution >= 4 is 27.5 Å². The number of amides is 2. The van der Waals surface area contributed by atoms with E-state index in [9.17, 15) is 35.6 Å². The van der Waals surface area contributed by atoms with Gasteiger partial charge in [0.25, 0.3) is 0 Å². The number of sulfone groups is 1. The number of halogens is 4. The average Bonchev–Trinajstić information content (AvgIpc) is 2.92. The predicted octanol–water partition coefficient (Wildman–Crippen LogP) is 3.15. The Hall–Kier alpha value is -3.23. The van der Waals surface area contributed by atoms with Gasteiger partial charge in [-0.3, -0.25) is 14.7 Å². The van der Waals surface area contributed by atoms with E-state index in [4.69, 9.17) is 0 Å². The molecule has 0 unspecified atom stereocenters. The van der Waals surface area contributed by atoms with Crippen molar-refractivity contribution < 1.29 is 40.3 Å². The lowest BCUT2D eigenvalue weighted by Crippen LogP contribution is -2.49. The number of alkyl halides is 3. The van der Waals surface area contributed by atoms with Gasteiger partial charge in [0.1, 0.15) is 5.82 Å². The molecule has 0 radical (unpaired) electrons. The summed E-state index contributed by atoms with van der Waals surface area (Å²) in [6.45, 7) is 1.05. The molecule has 0 aliphatic carbocycles. The molecule has 2 aromatic carbocycles. The van der Waals surface area contributed by atoms with Crippen LogP contribution in [0.3, 0.4) is 0 Å². The first-order chi connectivity index (χ1) is 19.3. The zero-order valence-electron chi connectivity index (χ0n) is 22.6. The van der Waals surface area contributed by atoms with Gasteiger partial charge in [-0.1, -0.05) is 18.2 Å². The van der Waals surface area contributed by atoms with Gasteiger partial charge in [0, 0.05) is 57.1 Å². The lowest BCUT2D eigenvalue weighted by atomic mass is 10.1. The van der Waals surface area contributed by atoms with Crippen LogP contribution in [0, 0.1) is 5.82 Å². The highest BCUT2D eigenvalue weighted by Crippen LogP contribution is 2.24. The molecule has 2 fully saturated rings. The number of carbonyl (C=O) groups is 2. The maximum Gasteiger partial charge on any atom is 0.401 e. The molecule has 0 saturated carbocycles. The van der Waals surface area contributed by atoms with E-state index in [1.54, 1.807) is 24.3 Å². The summed E-state index contributed by atoms with van der Waals surface area (Å²) < 4.78 is 81.4. The zero-order chi connectivity index (χ0) is 29.8. The largest absolute Gasteiger partial charge is 0.465 e. The molecule has 2 heterocycles. The molecule has 14 heteroatoms. The van der Waals surface area contributed by atoms with E-state index in [-0.39, 0.29) is 42.3 Å². The van der Waals surface area contributed by atoms with E-state index < -0.39 is 40.4 Å². The van der Waals surface area contributed by atoms with E-state index in [1.165, 1.54) is 33.9 Å². The third kappa shape index (κ3) is 8.39. The van der Waals surface area contributed by atoms with E-state index in [0.29, 0.717) is 38.4 Å². The van der Waals surface area contributed by atoms with E-state index in [1.807, 2.05) is 0 Å². The molecular formula is C27H32F4N4O5S. The Morgan fingerprint density at radius 1 is 0.927 bits per heavy atom. The molecule has 0 spiro atoms. The molecule has 2 aliphatic heterocycles. The highest BCUT2D eigenvalue weighted by Gasteiger charge is 2.32. The SMILES string of the molecule is COC(=O)c1ccc(CN(C(=O)N2CCS(=O)(=O)CC2)c2ccc(CN3CCN(CC(F)(F)F)CC3)cc2)c(F)c1. The lowest BCUT2D eigenvalue weighted by Gasteiger charge is -2.35. The van der Waals surface area contributed by atoms with Crippen molar-refractivity contribution in [1.29, 1.82) is 0 Å². The summed E-state index contributed by atoms with van der Waals surface area (Å²) in [5.74, 6) is -1.73. The summed E-state index contributed by atoms with van der Waals surface area (Å²) in [4.78, 5) is 31.5. The van der Waals surface area contributed by atoms with Gasteiger partial charge in [-0.2, -0.15) is 13.2 Å². The van der Waals surface area contributed by atoms with Crippen LogP contribution in [0.1, 0.15) is 21.5 Å². The Kier molecular flexibility index (Phi) is 9.55. The number of piperazine rings is 1. The fourth-order valence-corrected chi connectivity index (χ4v) is 6.03. The van der Waals surface area contributed by atoms with Crippen LogP contribution >= 0.6 is 0 Å². The summed E-state index contributed by atoms with van der Waals surface area (Å²) >= 11 is 0. The fraction of sp³-hybridized carbons (Fsp3) is 0.481. The van der Waals surface area contributed by atoms with Gasteiger partial charge in [0.05, 0.1) is 37.3 Å². The summed E-state index contributed by atoms with van der Waals surface area (Å²) in [6.07, 6.45) is -4.23. The molecule has 0 N–H and O–H groups in total. The molecule has 2 amide bonds. The maximum absolute atomic E-state index is 15.0. The van der Waals surface area contributed by atoms with Crippen molar-refractivity contribution in [3.8, 4) is 0 Å². The first-order valence-corrected chi connectivity index (χ1v) is 14.9. The van der Waals surface area contributed by atoms with Crippen molar-refractivity contribution in [2.45, 2.75) is 19.3 Å². The molecule has 4 rings (SSSR count). The highest BCUT2D eigenvalue weighted by atomic mass is 32.2. The molecule has 9 nitrogen and oxygen atoms in total. The Morgan fingerprint density at radius 3 is 2.10 bits per heavy atom. The summed E-state index contributed by atoms with van der Waals surface area (Å²) in [5, 5.41) is 0. The Labute approximate surface area is 236 Å². The number of rotatable bonds is 7. The lowest BCUT2D eigenvalue weighted by molar-refractivity contribution is -0.149. The minimum atomic E-state index is -4.23. The minimum Gasteiger partial charge on any atom is -0.465 e.